The highest BCUT2D eigenvalue weighted by Crippen LogP contribution is 2.10. The Morgan fingerprint density at radius 2 is 1.57 bits per heavy atom. The zero-order chi connectivity index (χ0) is 15.1. The fraction of sp³-hybridized carbons (Fsp3) is 0.125. The number of carboxylic acid groups (broad SMARTS) is 1. The van der Waals surface area contributed by atoms with Gasteiger partial charge in [0.1, 0.15) is 6.61 Å². The summed E-state index contributed by atoms with van der Waals surface area (Å²) in [4.78, 5) is 27.7. The molecule has 5 heteroatoms. The highest BCUT2D eigenvalue weighted by atomic mass is 16.6. The van der Waals surface area contributed by atoms with Crippen LogP contribution in [0.5, 0.6) is 0 Å². The molecule has 0 fully saturated rings. The molecule has 2 aromatic carbocycles. The second kappa shape index (κ2) is 7.21. The number of carboxylic acids is 1. The molecule has 1 amide bonds. The third kappa shape index (κ3) is 4.43. The molecule has 0 saturated heterocycles. The molecule has 2 rings (SSSR count). The molecule has 0 atom stereocenters. The maximum atomic E-state index is 11.8. The Morgan fingerprint density at radius 3 is 2.24 bits per heavy atom. The van der Waals surface area contributed by atoms with E-state index in [0.717, 1.165) is 5.56 Å². The minimum Gasteiger partial charge on any atom is -0.481 e. The van der Waals surface area contributed by atoms with Gasteiger partial charge in [-0.05, 0) is 23.3 Å². The van der Waals surface area contributed by atoms with E-state index in [1.807, 2.05) is 6.07 Å². The van der Waals surface area contributed by atoms with Gasteiger partial charge < -0.3 is 5.11 Å². The zero-order valence-electron chi connectivity index (χ0n) is 11.3. The lowest BCUT2D eigenvalue weighted by Gasteiger charge is -2.09. The molecule has 0 aliphatic carbocycles. The Labute approximate surface area is 122 Å². The van der Waals surface area contributed by atoms with Crippen LogP contribution in [-0.2, 0) is 22.7 Å². The van der Waals surface area contributed by atoms with E-state index in [2.05, 4.69) is 5.48 Å². The third-order valence-electron chi connectivity index (χ3n) is 2.89. The van der Waals surface area contributed by atoms with Gasteiger partial charge in [0.05, 0.1) is 6.42 Å². The number of hydrogen-bond acceptors (Lipinski definition) is 3. The summed E-state index contributed by atoms with van der Waals surface area (Å²) in [7, 11) is 0. The van der Waals surface area contributed by atoms with Crippen molar-refractivity contribution in [3.05, 3.63) is 71.3 Å². The second-order valence-electron chi connectivity index (χ2n) is 4.43. The van der Waals surface area contributed by atoms with E-state index in [9.17, 15) is 9.59 Å². The van der Waals surface area contributed by atoms with E-state index in [1.54, 1.807) is 48.5 Å². The van der Waals surface area contributed by atoms with Gasteiger partial charge in [-0.3, -0.25) is 14.4 Å². The smallest absolute Gasteiger partial charge is 0.307 e. The van der Waals surface area contributed by atoms with Crippen LogP contribution in [-0.4, -0.2) is 17.0 Å². The SMILES string of the molecule is O=C(O)Cc1ccccc1CONC(=O)c1ccccc1. The van der Waals surface area contributed by atoms with Crippen LogP contribution in [0.2, 0.25) is 0 Å². The van der Waals surface area contributed by atoms with Crippen molar-refractivity contribution in [2.45, 2.75) is 13.0 Å². The molecule has 21 heavy (non-hydrogen) atoms. The van der Waals surface area contributed by atoms with Crippen molar-refractivity contribution in [2.24, 2.45) is 0 Å². The number of hydroxylamine groups is 1. The van der Waals surface area contributed by atoms with Crippen LogP contribution >= 0.6 is 0 Å². The minimum absolute atomic E-state index is 0.0772. The second-order valence-corrected chi connectivity index (χ2v) is 4.43. The number of benzene rings is 2. The molecule has 0 bridgehead atoms. The van der Waals surface area contributed by atoms with E-state index in [4.69, 9.17) is 9.94 Å². The highest BCUT2D eigenvalue weighted by Gasteiger charge is 2.08. The number of aliphatic carboxylic acids is 1. The maximum Gasteiger partial charge on any atom is 0.307 e. The topological polar surface area (TPSA) is 75.6 Å². The Balaban J connectivity index is 1.92. The van der Waals surface area contributed by atoms with Crippen molar-refractivity contribution < 1.29 is 19.5 Å². The summed E-state index contributed by atoms with van der Waals surface area (Å²) in [6.07, 6.45) is -0.0772. The van der Waals surface area contributed by atoms with Crippen molar-refractivity contribution in [1.29, 1.82) is 0 Å². The molecule has 2 N–H and O–H groups in total. The number of rotatable bonds is 6. The van der Waals surface area contributed by atoms with Crippen molar-refractivity contribution in [1.82, 2.24) is 5.48 Å². The van der Waals surface area contributed by atoms with Gasteiger partial charge in [0.2, 0.25) is 0 Å². The van der Waals surface area contributed by atoms with Crippen LogP contribution in [0.1, 0.15) is 21.5 Å². The number of amides is 1. The minimum atomic E-state index is -0.907. The Hall–Kier alpha value is -2.66. The van der Waals surface area contributed by atoms with Gasteiger partial charge in [-0.2, -0.15) is 0 Å². The molecule has 0 unspecified atom stereocenters. The molecule has 0 aliphatic heterocycles. The largest absolute Gasteiger partial charge is 0.481 e. The Morgan fingerprint density at radius 1 is 0.952 bits per heavy atom. The molecule has 0 spiro atoms. The lowest BCUT2D eigenvalue weighted by atomic mass is 10.1. The van der Waals surface area contributed by atoms with Gasteiger partial charge in [0, 0.05) is 5.56 Å². The third-order valence-corrected chi connectivity index (χ3v) is 2.89. The predicted molar refractivity (Wildman–Crippen MR) is 76.5 cm³/mol. The van der Waals surface area contributed by atoms with E-state index in [1.165, 1.54) is 0 Å². The van der Waals surface area contributed by atoms with Crippen LogP contribution in [0.4, 0.5) is 0 Å². The maximum absolute atomic E-state index is 11.8. The summed E-state index contributed by atoms with van der Waals surface area (Å²) in [6.45, 7) is 0.113. The van der Waals surface area contributed by atoms with Gasteiger partial charge in [0.25, 0.3) is 5.91 Å². The molecular weight excluding hydrogens is 270 g/mol. The average Bonchev–Trinajstić information content (AvgIpc) is 2.49. The van der Waals surface area contributed by atoms with Crippen LogP contribution in [0.25, 0.3) is 0 Å². The van der Waals surface area contributed by atoms with Crippen molar-refractivity contribution in [3.63, 3.8) is 0 Å². The lowest BCUT2D eigenvalue weighted by Crippen LogP contribution is -2.23. The summed E-state index contributed by atoms with van der Waals surface area (Å²) in [6, 6.07) is 15.8. The van der Waals surface area contributed by atoms with E-state index in [0.29, 0.717) is 11.1 Å². The van der Waals surface area contributed by atoms with Crippen molar-refractivity contribution in [3.8, 4) is 0 Å². The fourth-order valence-corrected chi connectivity index (χ4v) is 1.86. The van der Waals surface area contributed by atoms with Crippen LogP contribution in [0.15, 0.2) is 54.6 Å². The number of hydrogen-bond donors (Lipinski definition) is 2. The zero-order valence-corrected chi connectivity index (χ0v) is 11.3. The van der Waals surface area contributed by atoms with E-state index in [-0.39, 0.29) is 18.9 Å². The van der Waals surface area contributed by atoms with Crippen LogP contribution < -0.4 is 5.48 Å². The van der Waals surface area contributed by atoms with Crippen molar-refractivity contribution >= 4 is 11.9 Å². The summed E-state index contributed by atoms with van der Waals surface area (Å²) in [5.74, 6) is -1.25. The van der Waals surface area contributed by atoms with Gasteiger partial charge in [-0.25, -0.2) is 5.48 Å². The van der Waals surface area contributed by atoms with Gasteiger partial charge in [-0.15, -0.1) is 0 Å². The molecule has 0 radical (unpaired) electrons. The summed E-state index contributed by atoms with van der Waals surface area (Å²) in [5.41, 5.74) is 4.23. The molecule has 2 aromatic rings. The molecule has 0 heterocycles. The Kier molecular flexibility index (Phi) is 5.06. The highest BCUT2D eigenvalue weighted by molar-refractivity contribution is 5.93. The van der Waals surface area contributed by atoms with Gasteiger partial charge in [-0.1, -0.05) is 42.5 Å². The average molecular weight is 285 g/mol. The molecule has 5 nitrogen and oxygen atoms in total. The molecule has 0 aliphatic rings. The Bertz CT molecular complexity index is 625. The first-order valence-electron chi connectivity index (χ1n) is 6.42. The fourth-order valence-electron chi connectivity index (χ4n) is 1.86. The lowest BCUT2D eigenvalue weighted by molar-refractivity contribution is -0.136. The number of carbonyl (C=O) groups excluding carboxylic acids is 1. The molecular formula is C16H15NO4. The number of nitrogens with one attached hydrogen (secondary N) is 1. The molecule has 0 saturated carbocycles. The van der Waals surface area contributed by atoms with Crippen molar-refractivity contribution in [2.75, 3.05) is 0 Å². The van der Waals surface area contributed by atoms with E-state index < -0.39 is 5.97 Å². The molecule has 0 aromatic heterocycles. The van der Waals surface area contributed by atoms with E-state index >= 15 is 0 Å². The monoisotopic (exact) mass is 285 g/mol. The normalized spacial score (nSPS) is 10.1. The summed E-state index contributed by atoms with van der Waals surface area (Å²) in [5, 5.41) is 8.84. The first-order valence-corrected chi connectivity index (χ1v) is 6.42. The van der Waals surface area contributed by atoms with Gasteiger partial charge in [0.15, 0.2) is 0 Å². The summed E-state index contributed by atoms with van der Waals surface area (Å²) >= 11 is 0. The standard InChI is InChI=1S/C16H15NO4/c18-15(19)10-13-8-4-5-9-14(13)11-21-17-16(20)12-6-2-1-3-7-12/h1-9H,10-11H2,(H,17,20)(H,18,19). The first kappa shape index (κ1) is 14.7. The van der Waals surface area contributed by atoms with Crippen LogP contribution in [0, 0.1) is 0 Å². The first-order chi connectivity index (χ1) is 10.2. The predicted octanol–water partition coefficient (Wildman–Crippen LogP) is 2.18. The van der Waals surface area contributed by atoms with Crippen LogP contribution in [0.3, 0.4) is 0 Å². The quantitative estimate of drug-likeness (QED) is 0.798. The summed E-state index contributed by atoms with van der Waals surface area (Å²) < 4.78 is 0. The number of carbonyl (C=O) groups is 2. The molecule has 108 valence electrons. The van der Waals surface area contributed by atoms with Gasteiger partial charge >= 0.3 is 5.97 Å².